The highest BCUT2D eigenvalue weighted by Crippen LogP contribution is 2.32. The number of carbonyl (C=O) groups is 1. The van der Waals surface area contributed by atoms with Crippen LogP contribution in [0.4, 0.5) is 0 Å². The molecular weight excluding hydrogens is 420 g/mol. The first kappa shape index (κ1) is 20.6. The molecule has 0 aliphatic carbocycles. The highest BCUT2D eigenvalue weighted by Gasteiger charge is 2.28. The third-order valence-corrected chi connectivity index (χ3v) is 6.85. The van der Waals surface area contributed by atoms with Crippen LogP contribution in [-0.4, -0.2) is 37.4 Å². The zero-order valence-electron chi connectivity index (χ0n) is 18.1. The summed E-state index contributed by atoms with van der Waals surface area (Å²) in [6, 6.07) is 20.2. The molecule has 2 aromatic carbocycles. The van der Waals surface area contributed by atoms with E-state index in [-0.39, 0.29) is 11.2 Å². The minimum absolute atomic E-state index is 0.119. The van der Waals surface area contributed by atoms with Crippen molar-refractivity contribution in [1.82, 2.24) is 19.7 Å². The number of fused-ring (bicyclic) bond motifs is 1. The molecule has 1 atom stereocenters. The molecule has 0 fully saturated rings. The lowest BCUT2D eigenvalue weighted by Crippen LogP contribution is -2.40. The van der Waals surface area contributed by atoms with Crippen molar-refractivity contribution in [1.29, 1.82) is 0 Å². The molecule has 0 unspecified atom stereocenters. The van der Waals surface area contributed by atoms with Gasteiger partial charge in [0.05, 0.1) is 17.1 Å². The summed E-state index contributed by atoms with van der Waals surface area (Å²) in [6.07, 6.45) is 2.55. The Bertz CT molecular complexity index is 1250. The first-order valence-electron chi connectivity index (χ1n) is 10.7. The topological polar surface area (TPSA) is 64.2 Å². The standard InChI is InChI=1S/C25H24N4O2S/c1-17-22(13-15-31-17)23-26-27-25(29(23)21-10-4-3-5-11-21)32-18(2)24(30)28-14-12-19-8-6-7-9-20(19)16-28/h3-11,13,15,18H,12,14,16H2,1-2H3/t18-/m1/s1. The van der Waals surface area contributed by atoms with Crippen molar-refractivity contribution in [2.45, 2.75) is 37.2 Å². The summed E-state index contributed by atoms with van der Waals surface area (Å²) in [5.41, 5.74) is 4.40. The minimum atomic E-state index is -0.287. The van der Waals surface area contributed by atoms with Gasteiger partial charge < -0.3 is 9.32 Å². The van der Waals surface area contributed by atoms with Gasteiger partial charge in [-0.2, -0.15) is 0 Å². The average Bonchev–Trinajstić information content (AvgIpc) is 3.44. The van der Waals surface area contributed by atoms with E-state index in [1.165, 1.54) is 22.9 Å². The number of nitrogens with zero attached hydrogens (tertiary/aromatic N) is 4. The van der Waals surface area contributed by atoms with E-state index in [0.29, 0.717) is 17.5 Å². The lowest BCUT2D eigenvalue weighted by atomic mass is 10.00. The Balaban J connectivity index is 1.42. The van der Waals surface area contributed by atoms with Gasteiger partial charge in [0, 0.05) is 18.8 Å². The van der Waals surface area contributed by atoms with Gasteiger partial charge in [0.1, 0.15) is 5.76 Å². The maximum absolute atomic E-state index is 13.3. The Kier molecular flexibility index (Phi) is 5.57. The molecule has 0 saturated heterocycles. The zero-order valence-corrected chi connectivity index (χ0v) is 18.9. The van der Waals surface area contributed by atoms with Crippen molar-refractivity contribution < 1.29 is 9.21 Å². The molecule has 4 aromatic rings. The van der Waals surface area contributed by atoms with Crippen LogP contribution in [0.25, 0.3) is 17.1 Å². The van der Waals surface area contributed by atoms with Gasteiger partial charge in [0.15, 0.2) is 11.0 Å². The van der Waals surface area contributed by atoms with E-state index < -0.39 is 0 Å². The van der Waals surface area contributed by atoms with Crippen LogP contribution in [0, 0.1) is 6.92 Å². The number of hydrogen-bond acceptors (Lipinski definition) is 5. The molecule has 0 N–H and O–H groups in total. The summed E-state index contributed by atoms with van der Waals surface area (Å²) in [4.78, 5) is 15.2. The van der Waals surface area contributed by atoms with E-state index in [9.17, 15) is 4.79 Å². The van der Waals surface area contributed by atoms with Gasteiger partial charge in [-0.15, -0.1) is 10.2 Å². The summed E-state index contributed by atoms with van der Waals surface area (Å²) >= 11 is 1.44. The normalized spacial score (nSPS) is 14.2. The van der Waals surface area contributed by atoms with Gasteiger partial charge in [-0.05, 0) is 49.6 Å². The summed E-state index contributed by atoms with van der Waals surface area (Å²) < 4.78 is 7.50. The maximum atomic E-state index is 13.3. The molecule has 2 aromatic heterocycles. The molecule has 0 spiro atoms. The molecule has 162 valence electrons. The first-order chi connectivity index (χ1) is 15.6. The van der Waals surface area contributed by atoms with Crippen molar-refractivity contribution >= 4 is 17.7 Å². The second-order valence-corrected chi connectivity index (χ2v) is 9.21. The summed E-state index contributed by atoms with van der Waals surface area (Å²) in [5.74, 6) is 1.60. The van der Waals surface area contributed by atoms with Crippen LogP contribution < -0.4 is 0 Å². The number of amides is 1. The molecule has 7 heteroatoms. The Morgan fingerprint density at radius 2 is 1.78 bits per heavy atom. The SMILES string of the molecule is Cc1occc1-c1nnc(S[C@H](C)C(=O)N2CCc3ccccc3C2)n1-c1ccccc1. The number of furan rings is 1. The van der Waals surface area contributed by atoms with E-state index in [2.05, 4.69) is 28.4 Å². The number of hydrogen-bond donors (Lipinski definition) is 0. The Labute approximate surface area is 191 Å². The predicted octanol–water partition coefficient (Wildman–Crippen LogP) is 4.90. The van der Waals surface area contributed by atoms with Gasteiger partial charge in [-0.1, -0.05) is 54.2 Å². The van der Waals surface area contributed by atoms with E-state index >= 15 is 0 Å². The van der Waals surface area contributed by atoms with Gasteiger partial charge in [0.25, 0.3) is 0 Å². The first-order valence-corrected chi connectivity index (χ1v) is 11.6. The van der Waals surface area contributed by atoms with Crippen LogP contribution in [0.1, 0.15) is 23.8 Å². The fraction of sp³-hybridized carbons (Fsp3) is 0.240. The van der Waals surface area contributed by atoms with Crippen LogP contribution in [-0.2, 0) is 17.8 Å². The summed E-state index contributed by atoms with van der Waals surface area (Å²) in [7, 11) is 0. The summed E-state index contributed by atoms with van der Waals surface area (Å²) in [6.45, 7) is 5.25. The van der Waals surface area contributed by atoms with Crippen molar-refractivity contribution in [2.75, 3.05) is 6.54 Å². The van der Waals surface area contributed by atoms with Gasteiger partial charge in [0.2, 0.25) is 5.91 Å². The van der Waals surface area contributed by atoms with Crippen LogP contribution in [0.5, 0.6) is 0 Å². The molecule has 1 aliphatic rings. The highest BCUT2D eigenvalue weighted by molar-refractivity contribution is 8.00. The number of aromatic nitrogens is 3. The highest BCUT2D eigenvalue weighted by atomic mass is 32.2. The van der Waals surface area contributed by atoms with Crippen LogP contribution in [0.2, 0.25) is 0 Å². The molecule has 0 saturated carbocycles. The smallest absolute Gasteiger partial charge is 0.236 e. The predicted molar refractivity (Wildman–Crippen MR) is 125 cm³/mol. The fourth-order valence-corrected chi connectivity index (χ4v) is 5.05. The van der Waals surface area contributed by atoms with E-state index in [0.717, 1.165) is 30.0 Å². The van der Waals surface area contributed by atoms with Crippen molar-refractivity contribution in [3.8, 4) is 17.1 Å². The summed E-state index contributed by atoms with van der Waals surface area (Å²) in [5, 5.41) is 9.31. The zero-order chi connectivity index (χ0) is 22.1. The lowest BCUT2D eigenvalue weighted by Gasteiger charge is -2.30. The molecule has 1 aliphatic heterocycles. The molecule has 1 amide bonds. The van der Waals surface area contributed by atoms with Crippen LogP contribution >= 0.6 is 11.8 Å². The molecular formula is C25H24N4O2S. The molecule has 6 nitrogen and oxygen atoms in total. The third-order valence-electron chi connectivity index (χ3n) is 5.82. The second-order valence-electron chi connectivity index (χ2n) is 7.91. The maximum Gasteiger partial charge on any atom is 0.236 e. The molecule has 32 heavy (non-hydrogen) atoms. The Morgan fingerprint density at radius 3 is 2.53 bits per heavy atom. The number of carbonyl (C=O) groups excluding carboxylic acids is 1. The van der Waals surface area contributed by atoms with E-state index in [1.54, 1.807) is 6.26 Å². The quantitative estimate of drug-likeness (QED) is 0.410. The monoisotopic (exact) mass is 444 g/mol. The van der Waals surface area contributed by atoms with Crippen molar-refractivity contribution in [2.24, 2.45) is 0 Å². The van der Waals surface area contributed by atoms with Crippen LogP contribution in [0.3, 0.4) is 0 Å². The van der Waals surface area contributed by atoms with Crippen molar-refractivity contribution in [3.05, 3.63) is 83.8 Å². The second kappa shape index (κ2) is 8.67. The number of rotatable bonds is 5. The third kappa shape index (κ3) is 3.84. The molecule has 3 heterocycles. The largest absolute Gasteiger partial charge is 0.469 e. The van der Waals surface area contributed by atoms with Gasteiger partial charge in [-0.25, -0.2) is 0 Å². The van der Waals surface area contributed by atoms with E-state index in [4.69, 9.17) is 4.42 Å². The Morgan fingerprint density at radius 1 is 1.03 bits per heavy atom. The van der Waals surface area contributed by atoms with Crippen LogP contribution in [0.15, 0.2) is 76.5 Å². The Hall–Kier alpha value is -3.32. The number of aryl methyl sites for hydroxylation is 1. The van der Waals surface area contributed by atoms with Gasteiger partial charge in [-0.3, -0.25) is 9.36 Å². The fourth-order valence-electron chi connectivity index (χ4n) is 4.10. The lowest BCUT2D eigenvalue weighted by molar-refractivity contribution is -0.131. The minimum Gasteiger partial charge on any atom is -0.469 e. The molecule has 0 bridgehead atoms. The van der Waals surface area contributed by atoms with Crippen molar-refractivity contribution in [3.63, 3.8) is 0 Å². The molecule has 5 rings (SSSR count). The average molecular weight is 445 g/mol. The number of thioether (sulfide) groups is 1. The van der Waals surface area contributed by atoms with E-state index in [1.807, 2.05) is 65.8 Å². The van der Waals surface area contributed by atoms with Gasteiger partial charge >= 0.3 is 0 Å². The number of benzene rings is 2. The molecule has 0 radical (unpaired) electrons. The number of para-hydroxylation sites is 1.